The number of Topliss-reactive ketones (excluding diaryl/α,β-unsaturated/α-hetero) is 1. The molecule has 1 unspecified atom stereocenters. The molecule has 2 aromatic rings. The smallest absolute Gasteiger partial charge is 0.154 e. The van der Waals surface area contributed by atoms with E-state index in [9.17, 15) is 4.79 Å². The second-order valence-electron chi connectivity index (χ2n) is 5.71. The molecule has 0 aliphatic carbocycles. The van der Waals surface area contributed by atoms with E-state index in [-0.39, 0.29) is 5.78 Å². The van der Waals surface area contributed by atoms with E-state index in [1.54, 1.807) is 24.9 Å². The van der Waals surface area contributed by atoms with Crippen molar-refractivity contribution < 1.29 is 9.53 Å². The second kappa shape index (κ2) is 9.28. The highest BCUT2D eigenvalue weighted by Crippen LogP contribution is 2.46. The molecular formula is C22H24O2S. The van der Waals surface area contributed by atoms with E-state index >= 15 is 0 Å². The number of thioether (sulfide) groups is 1. The van der Waals surface area contributed by atoms with Crippen LogP contribution < -0.4 is 4.74 Å². The predicted octanol–water partition coefficient (Wildman–Crippen LogP) is 5.79. The maximum absolute atomic E-state index is 13.2. The average Bonchev–Trinajstić information content (AvgIpc) is 2.66. The van der Waals surface area contributed by atoms with Crippen molar-refractivity contribution in [2.45, 2.75) is 28.9 Å². The summed E-state index contributed by atoms with van der Waals surface area (Å²) in [5, 5.41) is 0. The number of rotatable bonds is 10. The van der Waals surface area contributed by atoms with Crippen LogP contribution in [0.25, 0.3) is 0 Å². The molecule has 0 amide bonds. The third-order valence-corrected chi connectivity index (χ3v) is 5.54. The van der Waals surface area contributed by atoms with E-state index < -0.39 is 4.75 Å². The van der Waals surface area contributed by atoms with Crippen molar-refractivity contribution in [1.29, 1.82) is 0 Å². The molecule has 0 radical (unpaired) electrons. The van der Waals surface area contributed by atoms with Crippen LogP contribution in [0.1, 0.15) is 24.8 Å². The third kappa shape index (κ3) is 4.64. The Kier molecular flexibility index (Phi) is 7.08. The highest BCUT2D eigenvalue weighted by Gasteiger charge is 2.39. The topological polar surface area (TPSA) is 26.3 Å². The van der Waals surface area contributed by atoms with E-state index in [1.165, 1.54) is 0 Å². The zero-order valence-electron chi connectivity index (χ0n) is 14.6. The van der Waals surface area contributed by atoms with Gasteiger partial charge < -0.3 is 4.74 Å². The minimum atomic E-state index is -0.696. The van der Waals surface area contributed by atoms with Gasteiger partial charge in [0.15, 0.2) is 5.78 Å². The van der Waals surface area contributed by atoms with Crippen LogP contribution in [0.5, 0.6) is 5.75 Å². The molecule has 0 aromatic heterocycles. The van der Waals surface area contributed by atoms with Gasteiger partial charge in [-0.3, -0.25) is 4.79 Å². The van der Waals surface area contributed by atoms with Gasteiger partial charge in [0, 0.05) is 11.3 Å². The van der Waals surface area contributed by atoms with Crippen molar-refractivity contribution in [3.8, 4) is 5.75 Å². The van der Waals surface area contributed by atoms with Crippen LogP contribution in [0.4, 0.5) is 0 Å². The van der Waals surface area contributed by atoms with E-state index in [4.69, 9.17) is 4.74 Å². The summed E-state index contributed by atoms with van der Waals surface area (Å²) in [6, 6.07) is 17.8. The Labute approximate surface area is 154 Å². The van der Waals surface area contributed by atoms with Crippen molar-refractivity contribution in [3.63, 3.8) is 0 Å². The summed E-state index contributed by atoms with van der Waals surface area (Å²) in [6.07, 6.45) is 5.31. The summed E-state index contributed by atoms with van der Waals surface area (Å²) < 4.78 is 4.56. The molecule has 0 bridgehead atoms. The van der Waals surface area contributed by atoms with Crippen molar-refractivity contribution in [1.82, 2.24) is 0 Å². The van der Waals surface area contributed by atoms with Gasteiger partial charge in [-0.15, -0.1) is 24.9 Å². The van der Waals surface area contributed by atoms with Gasteiger partial charge in [0.2, 0.25) is 0 Å². The molecule has 3 heteroatoms. The lowest BCUT2D eigenvalue weighted by Crippen LogP contribution is -2.32. The van der Waals surface area contributed by atoms with Crippen molar-refractivity contribution in [2.24, 2.45) is 0 Å². The Bertz CT molecular complexity index is 707. The first-order chi connectivity index (χ1) is 12.2. The molecule has 2 rings (SSSR count). The summed E-state index contributed by atoms with van der Waals surface area (Å²) in [7, 11) is 1.64. The number of ether oxygens (including phenoxy) is 1. The molecule has 0 heterocycles. The number of carbonyl (C=O) groups excluding carboxylic acids is 1. The van der Waals surface area contributed by atoms with Gasteiger partial charge in [0.1, 0.15) is 10.5 Å². The van der Waals surface area contributed by atoms with Gasteiger partial charge in [-0.1, -0.05) is 42.5 Å². The van der Waals surface area contributed by atoms with Crippen LogP contribution in [0.15, 0.2) is 84.8 Å². The van der Waals surface area contributed by atoms with Gasteiger partial charge in [-0.2, -0.15) is 0 Å². The molecule has 0 N–H and O–H groups in total. The quantitative estimate of drug-likeness (QED) is 0.400. The van der Waals surface area contributed by atoms with E-state index in [2.05, 4.69) is 13.2 Å². The summed E-state index contributed by atoms with van der Waals surface area (Å²) >= 11 is 1.59. The lowest BCUT2D eigenvalue weighted by Gasteiger charge is -2.32. The standard InChI is InChI=1S/C22H24O2S/c1-4-6-12-21(23)22(17-5-2,25-20-10-8-7-9-11-20)18-13-15-19(24-3)16-14-18/h4-5,7-11,13-16H,1-2,6,12,17H2,3H3. The number of allylic oxidation sites excluding steroid dienone is 2. The molecule has 130 valence electrons. The van der Waals surface area contributed by atoms with Gasteiger partial charge >= 0.3 is 0 Å². The van der Waals surface area contributed by atoms with Crippen LogP contribution >= 0.6 is 11.8 Å². The summed E-state index contributed by atoms with van der Waals surface area (Å²) in [5.74, 6) is 0.964. The van der Waals surface area contributed by atoms with Crippen molar-refractivity contribution >= 4 is 17.5 Å². The molecule has 2 nitrogen and oxygen atoms in total. The molecule has 2 aromatic carbocycles. The Hall–Kier alpha value is -2.26. The lowest BCUT2D eigenvalue weighted by molar-refractivity contribution is -0.121. The molecule has 0 spiro atoms. The van der Waals surface area contributed by atoms with Crippen LogP contribution in [-0.4, -0.2) is 12.9 Å². The molecule has 1 atom stereocenters. The fourth-order valence-corrected chi connectivity index (χ4v) is 4.11. The lowest BCUT2D eigenvalue weighted by atomic mass is 9.88. The highest BCUT2D eigenvalue weighted by molar-refractivity contribution is 8.01. The number of hydrogen-bond donors (Lipinski definition) is 0. The molecule has 0 aliphatic rings. The molecular weight excluding hydrogens is 328 g/mol. The van der Waals surface area contributed by atoms with Crippen LogP contribution in [0.2, 0.25) is 0 Å². The summed E-state index contributed by atoms with van der Waals surface area (Å²) in [4.78, 5) is 14.3. The molecule has 0 aliphatic heterocycles. The predicted molar refractivity (Wildman–Crippen MR) is 106 cm³/mol. The second-order valence-corrected chi connectivity index (χ2v) is 7.09. The van der Waals surface area contributed by atoms with E-state index in [0.717, 1.165) is 16.2 Å². The van der Waals surface area contributed by atoms with Crippen LogP contribution in [-0.2, 0) is 9.54 Å². The van der Waals surface area contributed by atoms with Crippen molar-refractivity contribution in [3.05, 3.63) is 85.5 Å². The summed E-state index contributed by atoms with van der Waals surface area (Å²) in [5.41, 5.74) is 0.969. The average molecular weight is 352 g/mol. The van der Waals surface area contributed by atoms with Crippen LogP contribution in [0.3, 0.4) is 0 Å². The van der Waals surface area contributed by atoms with E-state index in [0.29, 0.717) is 19.3 Å². The van der Waals surface area contributed by atoms with Gasteiger partial charge in [0.25, 0.3) is 0 Å². The fourth-order valence-electron chi connectivity index (χ4n) is 2.74. The third-order valence-electron chi connectivity index (χ3n) is 4.05. The maximum atomic E-state index is 13.2. The first-order valence-corrected chi connectivity index (χ1v) is 9.11. The highest BCUT2D eigenvalue weighted by atomic mass is 32.2. The number of ketones is 1. The first kappa shape index (κ1) is 19.1. The Balaban J connectivity index is 2.50. The first-order valence-electron chi connectivity index (χ1n) is 8.30. The molecule has 0 fully saturated rings. The number of carbonyl (C=O) groups is 1. The normalized spacial score (nSPS) is 12.8. The Morgan fingerprint density at radius 2 is 1.76 bits per heavy atom. The zero-order chi connectivity index (χ0) is 18.1. The maximum Gasteiger partial charge on any atom is 0.154 e. The number of benzene rings is 2. The monoisotopic (exact) mass is 352 g/mol. The van der Waals surface area contributed by atoms with Gasteiger partial charge in [0.05, 0.1) is 7.11 Å². The van der Waals surface area contributed by atoms with Crippen LogP contribution in [0, 0.1) is 0 Å². The van der Waals surface area contributed by atoms with E-state index in [1.807, 2.05) is 60.7 Å². The zero-order valence-corrected chi connectivity index (χ0v) is 15.4. The number of methoxy groups -OCH3 is 1. The summed E-state index contributed by atoms with van der Waals surface area (Å²) in [6.45, 7) is 7.64. The van der Waals surface area contributed by atoms with Gasteiger partial charge in [-0.25, -0.2) is 0 Å². The SMILES string of the molecule is C=CCCC(=O)C(CC=C)(Sc1ccccc1)c1ccc(OC)cc1. The Morgan fingerprint density at radius 1 is 1.08 bits per heavy atom. The minimum absolute atomic E-state index is 0.186. The number of hydrogen-bond acceptors (Lipinski definition) is 3. The minimum Gasteiger partial charge on any atom is -0.497 e. The molecule has 25 heavy (non-hydrogen) atoms. The largest absolute Gasteiger partial charge is 0.497 e. The van der Waals surface area contributed by atoms with Gasteiger partial charge in [-0.05, 0) is 42.7 Å². The molecule has 0 saturated carbocycles. The van der Waals surface area contributed by atoms with Crippen molar-refractivity contribution in [2.75, 3.05) is 7.11 Å². The molecule has 0 saturated heterocycles. The fraction of sp³-hybridized carbons (Fsp3) is 0.227. The Morgan fingerprint density at radius 3 is 2.32 bits per heavy atom.